The summed E-state index contributed by atoms with van der Waals surface area (Å²) in [7, 11) is 1.86. The second-order valence-electron chi connectivity index (χ2n) is 8.62. The van der Waals surface area contributed by atoms with Crippen LogP contribution in [0.3, 0.4) is 0 Å². The van der Waals surface area contributed by atoms with Crippen LogP contribution in [-0.2, 0) is 15.7 Å². The summed E-state index contributed by atoms with van der Waals surface area (Å²) in [4.78, 5) is 14.4. The number of carbonyl (C=O) groups is 1. The van der Waals surface area contributed by atoms with Gasteiger partial charge in [-0.15, -0.1) is 0 Å². The van der Waals surface area contributed by atoms with Crippen LogP contribution in [0.2, 0.25) is 5.02 Å². The van der Waals surface area contributed by atoms with Crippen molar-refractivity contribution in [1.29, 1.82) is 0 Å². The molecule has 0 saturated carbocycles. The third-order valence-electron chi connectivity index (χ3n) is 6.42. The molecule has 2 aromatic carbocycles. The second-order valence-corrected chi connectivity index (χ2v) is 9.03. The molecule has 2 N–H and O–H groups in total. The van der Waals surface area contributed by atoms with Gasteiger partial charge in [-0.05, 0) is 75.0 Å². The molecule has 2 aliphatic rings. The highest BCUT2D eigenvalue weighted by Crippen LogP contribution is 2.43. The minimum Gasteiger partial charge on any atom is -0.374 e. The lowest BCUT2D eigenvalue weighted by molar-refractivity contribution is -0.121. The largest absolute Gasteiger partial charge is 0.374 e. The highest BCUT2D eigenvalue weighted by molar-refractivity contribution is 6.31. The maximum atomic E-state index is 12.6. The van der Waals surface area contributed by atoms with E-state index in [4.69, 9.17) is 11.6 Å². The molecular formula is C23H28ClN3O. The zero-order valence-electron chi connectivity index (χ0n) is 17.0. The van der Waals surface area contributed by atoms with Gasteiger partial charge in [-0.3, -0.25) is 4.79 Å². The molecule has 0 aliphatic carbocycles. The van der Waals surface area contributed by atoms with Gasteiger partial charge in [0.1, 0.15) is 0 Å². The van der Waals surface area contributed by atoms with E-state index in [-0.39, 0.29) is 11.4 Å². The predicted octanol–water partition coefficient (Wildman–Crippen LogP) is 4.59. The summed E-state index contributed by atoms with van der Waals surface area (Å²) in [6.45, 7) is 7.94. The Kier molecular flexibility index (Phi) is 4.67. The van der Waals surface area contributed by atoms with Crippen LogP contribution in [0.25, 0.3) is 0 Å². The van der Waals surface area contributed by atoms with Crippen molar-refractivity contribution in [2.75, 3.05) is 30.4 Å². The van der Waals surface area contributed by atoms with Crippen LogP contribution in [-0.4, -0.2) is 26.0 Å². The van der Waals surface area contributed by atoms with Crippen LogP contribution >= 0.6 is 11.6 Å². The van der Waals surface area contributed by atoms with Crippen molar-refractivity contribution in [2.24, 2.45) is 0 Å². The van der Waals surface area contributed by atoms with Crippen molar-refractivity contribution in [1.82, 2.24) is 5.32 Å². The van der Waals surface area contributed by atoms with Crippen LogP contribution in [0.5, 0.6) is 0 Å². The Morgan fingerprint density at radius 3 is 2.68 bits per heavy atom. The third-order valence-corrected chi connectivity index (χ3v) is 6.83. The minimum atomic E-state index is -0.476. The number of nitrogens with zero attached hydrogens (tertiary/aromatic N) is 1. The Morgan fingerprint density at radius 1 is 1.18 bits per heavy atom. The number of carbonyl (C=O) groups excluding carboxylic acids is 1. The standard InChI is InChI=1S/C23H28ClN3O/c1-15-17(7-5-8-19(15)24)23(11-6-12-25-14-23)26-16-9-10-18-20(13-16)27(4)21(28)22(18,2)3/h5,7-10,13,25-26H,6,11-12,14H2,1-4H3. The van der Waals surface area contributed by atoms with Crippen molar-refractivity contribution >= 4 is 28.9 Å². The molecule has 148 valence electrons. The number of anilines is 2. The van der Waals surface area contributed by atoms with E-state index in [0.29, 0.717) is 0 Å². The maximum Gasteiger partial charge on any atom is 0.236 e. The summed E-state index contributed by atoms with van der Waals surface area (Å²) in [6.07, 6.45) is 2.12. The van der Waals surface area contributed by atoms with Crippen LogP contribution in [0.15, 0.2) is 36.4 Å². The molecular weight excluding hydrogens is 370 g/mol. The molecule has 1 unspecified atom stereocenters. The number of fused-ring (bicyclic) bond motifs is 1. The van der Waals surface area contributed by atoms with Gasteiger partial charge in [-0.25, -0.2) is 0 Å². The van der Waals surface area contributed by atoms with E-state index in [1.807, 2.05) is 33.0 Å². The first-order chi connectivity index (χ1) is 13.3. The molecule has 4 rings (SSSR count). The fourth-order valence-electron chi connectivity index (χ4n) is 4.77. The molecule has 2 aromatic rings. The molecule has 28 heavy (non-hydrogen) atoms. The quantitative estimate of drug-likeness (QED) is 0.795. The first-order valence-corrected chi connectivity index (χ1v) is 10.3. The maximum absolute atomic E-state index is 12.6. The zero-order chi connectivity index (χ0) is 20.1. The first-order valence-electron chi connectivity index (χ1n) is 9.93. The summed E-state index contributed by atoms with van der Waals surface area (Å²) >= 11 is 6.45. The van der Waals surface area contributed by atoms with Crippen LogP contribution in [0.4, 0.5) is 11.4 Å². The Balaban J connectivity index is 1.76. The first kappa shape index (κ1) is 19.3. The van der Waals surface area contributed by atoms with E-state index in [2.05, 4.69) is 41.8 Å². The van der Waals surface area contributed by atoms with Crippen molar-refractivity contribution in [3.05, 3.63) is 58.1 Å². The summed E-state index contributed by atoms with van der Waals surface area (Å²) in [6, 6.07) is 12.4. The number of hydrogen-bond acceptors (Lipinski definition) is 3. The number of nitrogens with one attached hydrogen (secondary N) is 2. The lowest BCUT2D eigenvalue weighted by atomic mass is 9.80. The molecule has 0 bridgehead atoms. The third kappa shape index (κ3) is 2.90. The van der Waals surface area contributed by atoms with Crippen LogP contribution < -0.4 is 15.5 Å². The molecule has 1 saturated heterocycles. The van der Waals surface area contributed by atoms with Gasteiger partial charge in [0, 0.05) is 30.0 Å². The molecule has 5 heteroatoms. The highest BCUT2D eigenvalue weighted by atomic mass is 35.5. The van der Waals surface area contributed by atoms with E-state index in [9.17, 15) is 4.79 Å². The van der Waals surface area contributed by atoms with E-state index in [0.717, 1.165) is 53.5 Å². The molecule has 1 fully saturated rings. The second kappa shape index (κ2) is 6.78. The monoisotopic (exact) mass is 397 g/mol. The van der Waals surface area contributed by atoms with Crippen LogP contribution in [0.1, 0.15) is 43.4 Å². The minimum absolute atomic E-state index is 0.138. The number of piperidine rings is 1. The highest BCUT2D eigenvalue weighted by Gasteiger charge is 2.42. The summed E-state index contributed by atoms with van der Waals surface area (Å²) < 4.78 is 0. The number of halogens is 1. The molecule has 1 atom stereocenters. The van der Waals surface area contributed by atoms with Crippen LogP contribution in [0, 0.1) is 6.92 Å². The normalized spacial score (nSPS) is 23.6. The molecule has 0 aromatic heterocycles. The van der Waals surface area contributed by atoms with Gasteiger partial charge in [0.15, 0.2) is 0 Å². The lowest BCUT2D eigenvalue weighted by Gasteiger charge is -2.41. The summed E-state index contributed by atoms with van der Waals surface area (Å²) in [5.74, 6) is 0.138. The Labute approximate surface area is 172 Å². The fraction of sp³-hybridized carbons (Fsp3) is 0.435. The Hall–Kier alpha value is -2.04. The van der Waals surface area contributed by atoms with Gasteiger partial charge in [0.05, 0.1) is 11.0 Å². The molecule has 2 aliphatic heterocycles. The van der Waals surface area contributed by atoms with E-state index >= 15 is 0 Å². The lowest BCUT2D eigenvalue weighted by Crippen LogP contribution is -2.49. The number of hydrogen-bond donors (Lipinski definition) is 2. The average molecular weight is 398 g/mol. The fourth-order valence-corrected chi connectivity index (χ4v) is 4.95. The molecule has 4 nitrogen and oxygen atoms in total. The topological polar surface area (TPSA) is 44.4 Å². The van der Waals surface area contributed by atoms with Crippen molar-refractivity contribution in [3.63, 3.8) is 0 Å². The van der Waals surface area contributed by atoms with Gasteiger partial charge in [0.25, 0.3) is 0 Å². The Morgan fingerprint density at radius 2 is 1.96 bits per heavy atom. The number of likely N-dealkylation sites (N-methyl/N-ethyl adjacent to an activating group) is 1. The number of rotatable bonds is 3. The van der Waals surface area contributed by atoms with Crippen molar-refractivity contribution in [3.8, 4) is 0 Å². The number of amides is 1. The zero-order valence-corrected chi connectivity index (χ0v) is 17.8. The molecule has 0 radical (unpaired) electrons. The number of benzene rings is 2. The summed E-state index contributed by atoms with van der Waals surface area (Å²) in [5, 5.41) is 8.16. The van der Waals surface area contributed by atoms with E-state index < -0.39 is 5.41 Å². The van der Waals surface area contributed by atoms with Crippen molar-refractivity contribution in [2.45, 2.75) is 44.6 Å². The van der Waals surface area contributed by atoms with Gasteiger partial charge in [-0.2, -0.15) is 0 Å². The van der Waals surface area contributed by atoms with E-state index in [1.165, 1.54) is 5.56 Å². The average Bonchev–Trinajstić information content (AvgIpc) is 2.85. The van der Waals surface area contributed by atoms with Crippen molar-refractivity contribution < 1.29 is 4.79 Å². The van der Waals surface area contributed by atoms with Gasteiger partial charge < -0.3 is 15.5 Å². The van der Waals surface area contributed by atoms with Gasteiger partial charge in [0.2, 0.25) is 5.91 Å². The van der Waals surface area contributed by atoms with Gasteiger partial charge >= 0.3 is 0 Å². The van der Waals surface area contributed by atoms with Gasteiger partial charge in [-0.1, -0.05) is 29.8 Å². The molecule has 1 amide bonds. The smallest absolute Gasteiger partial charge is 0.236 e. The van der Waals surface area contributed by atoms with E-state index in [1.54, 1.807) is 4.90 Å². The SMILES string of the molecule is Cc1c(Cl)cccc1C1(Nc2ccc3c(c2)N(C)C(=O)C3(C)C)CCCNC1. The molecule has 2 heterocycles. The molecule has 0 spiro atoms. The predicted molar refractivity (Wildman–Crippen MR) is 116 cm³/mol. The summed E-state index contributed by atoms with van der Waals surface area (Å²) in [5.41, 5.74) is 4.75. The Bertz CT molecular complexity index is 931.